The van der Waals surface area contributed by atoms with Crippen LogP contribution in [0.3, 0.4) is 0 Å². The number of aryl methyl sites for hydroxylation is 1. The molecule has 1 amide bonds. The van der Waals surface area contributed by atoms with E-state index < -0.39 is 0 Å². The number of ether oxygens (including phenoxy) is 1. The minimum Gasteiger partial charge on any atom is -0.465 e. The summed E-state index contributed by atoms with van der Waals surface area (Å²) in [5.41, 5.74) is 2.99. The summed E-state index contributed by atoms with van der Waals surface area (Å²) in [6.45, 7) is 4.92. The van der Waals surface area contributed by atoms with Crippen LogP contribution >= 0.6 is 11.3 Å². The Hall–Kier alpha value is -2.22. The Kier molecular flexibility index (Phi) is 7.95. The van der Waals surface area contributed by atoms with Crippen molar-refractivity contribution in [2.24, 2.45) is 0 Å². The summed E-state index contributed by atoms with van der Waals surface area (Å²) in [5, 5.41) is 3.71. The van der Waals surface area contributed by atoms with Gasteiger partial charge in [0.1, 0.15) is 5.00 Å². The van der Waals surface area contributed by atoms with E-state index in [2.05, 4.69) is 39.4 Å². The Labute approximate surface area is 194 Å². The summed E-state index contributed by atoms with van der Waals surface area (Å²) >= 11 is 1.56. The Morgan fingerprint density at radius 2 is 1.66 bits per heavy atom. The highest BCUT2D eigenvalue weighted by molar-refractivity contribution is 7.17. The second kappa shape index (κ2) is 11.1. The maximum Gasteiger partial charge on any atom is 0.341 e. The maximum absolute atomic E-state index is 12.9. The zero-order valence-electron chi connectivity index (χ0n) is 18.9. The van der Waals surface area contributed by atoms with Crippen LogP contribution in [0.2, 0.25) is 0 Å². The topological polar surface area (TPSA) is 61.9 Å². The lowest BCUT2D eigenvalue weighted by atomic mass is 9.96. The molecule has 7 heteroatoms. The van der Waals surface area contributed by atoms with Crippen LogP contribution in [0.5, 0.6) is 0 Å². The van der Waals surface area contributed by atoms with E-state index in [1.807, 2.05) is 6.07 Å². The standard InChI is InChI=1S/C25H33N3O3S/c1-31-25(30)23-20-11-7-2-3-8-12-21(20)32-24(23)26-22(29)18-28-15-13-27(14-16-28)17-19-9-5-4-6-10-19/h4-6,9-10H,2-3,7-8,11-18H2,1H3,(H,26,29). The molecule has 32 heavy (non-hydrogen) atoms. The first-order chi connectivity index (χ1) is 15.6. The number of thiophene rings is 1. The lowest BCUT2D eigenvalue weighted by molar-refractivity contribution is -0.117. The number of rotatable bonds is 6. The summed E-state index contributed by atoms with van der Waals surface area (Å²) in [5.74, 6) is -0.395. The third kappa shape index (κ3) is 5.77. The van der Waals surface area contributed by atoms with Gasteiger partial charge in [-0.15, -0.1) is 11.3 Å². The average molecular weight is 456 g/mol. The number of carbonyl (C=O) groups is 2. The van der Waals surface area contributed by atoms with Gasteiger partial charge in [0.15, 0.2) is 0 Å². The molecule has 1 aliphatic carbocycles. The third-order valence-corrected chi connectivity index (χ3v) is 7.60. The molecule has 2 aliphatic rings. The second-order valence-corrected chi connectivity index (χ2v) is 9.80. The largest absolute Gasteiger partial charge is 0.465 e. The predicted octanol–water partition coefficient (Wildman–Crippen LogP) is 3.95. The van der Waals surface area contributed by atoms with E-state index in [4.69, 9.17) is 4.74 Å². The minimum absolute atomic E-state index is 0.0547. The van der Waals surface area contributed by atoms with Crippen molar-refractivity contribution in [1.29, 1.82) is 0 Å². The molecule has 0 bridgehead atoms. The molecule has 1 aromatic carbocycles. The van der Waals surface area contributed by atoms with Gasteiger partial charge < -0.3 is 10.1 Å². The zero-order valence-corrected chi connectivity index (χ0v) is 19.7. The zero-order chi connectivity index (χ0) is 22.3. The number of amides is 1. The summed E-state index contributed by atoms with van der Waals surface area (Å²) in [6, 6.07) is 10.5. The molecule has 0 saturated carbocycles. The van der Waals surface area contributed by atoms with Crippen LogP contribution in [0.15, 0.2) is 30.3 Å². The Morgan fingerprint density at radius 1 is 0.969 bits per heavy atom. The molecule has 0 unspecified atom stereocenters. The smallest absolute Gasteiger partial charge is 0.341 e. The van der Waals surface area contributed by atoms with Crippen molar-refractivity contribution in [2.45, 2.75) is 45.1 Å². The van der Waals surface area contributed by atoms with E-state index in [1.54, 1.807) is 11.3 Å². The van der Waals surface area contributed by atoms with Crippen LogP contribution in [0.25, 0.3) is 0 Å². The molecular weight excluding hydrogens is 422 g/mol. The molecule has 1 aromatic heterocycles. The number of nitrogens with zero attached hydrogens (tertiary/aromatic N) is 2. The summed E-state index contributed by atoms with van der Waals surface area (Å²) in [4.78, 5) is 31.2. The maximum atomic E-state index is 12.9. The van der Waals surface area contributed by atoms with Crippen molar-refractivity contribution in [3.05, 3.63) is 51.9 Å². The molecule has 6 nitrogen and oxygen atoms in total. The molecule has 2 aromatic rings. The van der Waals surface area contributed by atoms with Gasteiger partial charge in [-0.3, -0.25) is 14.6 Å². The number of methoxy groups -OCH3 is 1. The first kappa shape index (κ1) is 23.0. The molecule has 1 aliphatic heterocycles. The fourth-order valence-corrected chi connectivity index (χ4v) is 5.94. The van der Waals surface area contributed by atoms with E-state index in [0.717, 1.165) is 64.0 Å². The molecule has 4 rings (SSSR count). The van der Waals surface area contributed by atoms with Gasteiger partial charge in [0.05, 0.1) is 19.2 Å². The van der Waals surface area contributed by atoms with Crippen molar-refractivity contribution in [2.75, 3.05) is 45.2 Å². The van der Waals surface area contributed by atoms with Gasteiger partial charge in [0, 0.05) is 37.6 Å². The second-order valence-electron chi connectivity index (χ2n) is 8.70. The number of anilines is 1. The number of carbonyl (C=O) groups excluding carboxylic acids is 2. The van der Waals surface area contributed by atoms with E-state index in [9.17, 15) is 9.59 Å². The lowest BCUT2D eigenvalue weighted by Gasteiger charge is -2.34. The van der Waals surface area contributed by atoms with Crippen molar-refractivity contribution < 1.29 is 14.3 Å². The molecule has 0 atom stereocenters. The number of hydrogen-bond acceptors (Lipinski definition) is 6. The van der Waals surface area contributed by atoms with Gasteiger partial charge in [-0.25, -0.2) is 4.79 Å². The van der Waals surface area contributed by atoms with Crippen LogP contribution in [-0.4, -0.2) is 61.5 Å². The molecule has 0 spiro atoms. The Morgan fingerprint density at radius 3 is 2.38 bits per heavy atom. The van der Waals surface area contributed by atoms with Crippen LogP contribution in [0.4, 0.5) is 5.00 Å². The van der Waals surface area contributed by atoms with Gasteiger partial charge in [-0.2, -0.15) is 0 Å². The molecule has 2 heterocycles. The monoisotopic (exact) mass is 455 g/mol. The lowest BCUT2D eigenvalue weighted by Crippen LogP contribution is -2.48. The summed E-state index contributed by atoms with van der Waals surface area (Å²) in [6.07, 6.45) is 6.48. The highest BCUT2D eigenvalue weighted by atomic mass is 32.1. The van der Waals surface area contributed by atoms with E-state index in [-0.39, 0.29) is 11.9 Å². The number of nitrogens with one attached hydrogen (secondary N) is 1. The number of hydrogen-bond donors (Lipinski definition) is 1. The van der Waals surface area contributed by atoms with E-state index in [1.165, 1.54) is 30.4 Å². The SMILES string of the molecule is COC(=O)c1c(NC(=O)CN2CCN(Cc3ccccc3)CC2)sc2c1CCCCCC2. The third-order valence-electron chi connectivity index (χ3n) is 6.39. The normalized spacial score (nSPS) is 17.8. The average Bonchev–Trinajstić information content (AvgIpc) is 3.11. The first-order valence-electron chi connectivity index (χ1n) is 11.7. The van der Waals surface area contributed by atoms with Crippen molar-refractivity contribution in [3.63, 3.8) is 0 Å². The van der Waals surface area contributed by atoms with Crippen molar-refractivity contribution in [3.8, 4) is 0 Å². The van der Waals surface area contributed by atoms with E-state index >= 15 is 0 Å². The molecule has 1 saturated heterocycles. The minimum atomic E-state index is -0.340. The molecule has 172 valence electrons. The number of esters is 1. The number of benzene rings is 1. The van der Waals surface area contributed by atoms with Gasteiger partial charge in [-0.05, 0) is 36.8 Å². The molecule has 1 fully saturated rings. The number of fused-ring (bicyclic) bond motifs is 1. The fourth-order valence-electron chi connectivity index (χ4n) is 4.64. The summed E-state index contributed by atoms with van der Waals surface area (Å²) in [7, 11) is 1.41. The first-order valence-corrected chi connectivity index (χ1v) is 12.5. The highest BCUT2D eigenvalue weighted by Crippen LogP contribution is 2.37. The summed E-state index contributed by atoms with van der Waals surface area (Å²) < 4.78 is 5.07. The van der Waals surface area contributed by atoms with Crippen LogP contribution in [-0.2, 0) is 28.9 Å². The molecular formula is C25H33N3O3S. The quantitative estimate of drug-likeness (QED) is 0.669. The van der Waals surface area contributed by atoms with Crippen LogP contribution < -0.4 is 5.32 Å². The van der Waals surface area contributed by atoms with Gasteiger partial charge >= 0.3 is 5.97 Å². The Bertz CT molecular complexity index is 920. The molecule has 1 N–H and O–H groups in total. The fraction of sp³-hybridized carbons (Fsp3) is 0.520. The van der Waals surface area contributed by atoms with E-state index in [0.29, 0.717) is 17.1 Å². The van der Waals surface area contributed by atoms with Crippen molar-refractivity contribution >= 4 is 28.2 Å². The predicted molar refractivity (Wildman–Crippen MR) is 128 cm³/mol. The highest BCUT2D eigenvalue weighted by Gasteiger charge is 2.26. The Balaban J connectivity index is 1.35. The van der Waals surface area contributed by atoms with Crippen LogP contribution in [0.1, 0.15) is 52.0 Å². The number of piperazine rings is 1. The van der Waals surface area contributed by atoms with Crippen LogP contribution in [0, 0.1) is 0 Å². The van der Waals surface area contributed by atoms with Crippen molar-refractivity contribution in [1.82, 2.24) is 9.80 Å². The molecule has 0 radical (unpaired) electrons. The van der Waals surface area contributed by atoms with Gasteiger partial charge in [0.25, 0.3) is 0 Å². The van der Waals surface area contributed by atoms with Gasteiger partial charge in [0.2, 0.25) is 5.91 Å². The van der Waals surface area contributed by atoms with Gasteiger partial charge in [-0.1, -0.05) is 43.2 Å².